The second-order valence-corrected chi connectivity index (χ2v) is 6.65. The number of fused-ring (bicyclic) bond motifs is 1. The molecule has 2 aliphatic rings. The predicted octanol–water partition coefficient (Wildman–Crippen LogP) is 1.47. The molecule has 0 spiro atoms. The van der Waals surface area contributed by atoms with Crippen molar-refractivity contribution < 1.29 is 14.7 Å². The van der Waals surface area contributed by atoms with E-state index in [4.69, 9.17) is 0 Å². The Morgan fingerprint density at radius 2 is 2.15 bits per heavy atom. The molecular formula is C15H20N2O3. The summed E-state index contributed by atoms with van der Waals surface area (Å²) in [6.45, 7) is 4.25. The fourth-order valence-corrected chi connectivity index (χ4v) is 3.39. The van der Waals surface area contributed by atoms with Crippen molar-refractivity contribution in [1.29, 1.82) is 0 Å². The Morgan fingerprint density at radius 3 is 2.85 bits per heavy atom. The van der Waals surface area contributed by atoms with E-state index in [1.165, 1.54) is 0 Å². The molecule has 0 saturated carbocycles. The van der Waals surface area contributed by atoms with Crippen LogP contribution in [0.1, 0.15) is 56.5 Å². The molecule has 5 heteroatoms. The molecule has 0 bridgehead atoms. The van der Waals surface area contributed by atoms with Gasteiger partial charge in [0.2, 0.25) is 11.8 Å². The van der Waals surface area contributed by atoms with E-state index in [-0.39, 0.29) is 23.3 Å². The number of piperidine rings is 1. The number of hydrogen-bond donors (Lipinski definition) is 2. The molecule has 1 aliphatic carbocycles. The second kappa shape index (κ2) is 4.45. The van der Waals surface area contributed by atoms with Gasteiger partial charge in [-0.1, -0.05) is 13.8 Å². The minimum absolute atomic E-state index is 0.0173. The molecule has 0 aromatic carbocycles. The van der Waals surface area contributed by atoms with E-state index < -0.39 is 6.10 Å². The van der Waals surface area contributed by atoms with Crippen molar-refractivity contribution in [1.82, 2.24) is 9.88 Å². The summed E-state index contributed by atoms with van der Waals surface area (Å²) in [7, 11) is 0. The van der Waals surface area contributed by atoms with Gasteiger partial charge in [0.15, 0.2) is 0 Å². The number of aromatic nitrogens is 1. The Bertz CT molecular complexity index is 574. The van der Waals surface area contributed by atoms with Crippen LogP contribution in [0.3, 0.4) is 0 Å². The first kappa shape index (κ1) is 13.4. The van der Waals surface area contributed by atoms with Crippen LogP contribution < -0.4 is 5.32 Å². The third-order valence-electron chi connectivity index (χ3n) is 4.36. The molecule has 2 heterocycles. The van der Waals surface area contributed by atoms with Crippen molar-refractivity contribution in [2.45, 2.75) is 51.7 Å². The lowest BCUT2D eigenvalue weighted by atomic mass is 9.75. The molecule has 1 saturated heterocycles. The van der Waals surface area contributed by atoms with E-state index in [1.807, 2.05) is 16.8 Å². The van der Waals surface area contributed by atoms with E-state index in [1.54, 1.807) is 0 Å². The number of imide groups is 1. The molecule has 20 heavy (non-hydrogen) atoms. The average molecular weight is 276 g/mol. The van der Waals surface area contributed by atoms with Crippen LogP contribution in [-0.4, -0.2) is 21.5 Å². The lowest BCUT2D eigenvalue weighted by molar-refractivity contribution is -0.135. The summed E-state index contributed by atoms with van der Waals surface area (Å²) in [6.07, 6.45) is 3.87. The number of aliphatic hydroxyl groups excluding tert-OH is 1. The van der Waals surface area contributed by atoms with Gasteiger partial charge in [-0.15, -0.1) is 0 Å². The van der Waals surface area contributed by atoms with Gasteiger partial charge in [0.1, 0.15) is 6.04 Å². The van der Waals surface area contributed by atoms with Gasteiger partial charge >= 0.3 is 0 Å². The quantitative estimate of drug-likeness (QED) is 0.763. The SMILES string of the molecule is CC1(C)Cc2c(ccn2C2CCC(=O)NC2=O)C(O)C1. The second-order valence-electron chi connectivity index (χ2n) is 6.65. The number of nitrogens with zero attached hydrogens (tertiary/aromatic N) is 1. The smallest absolute Gasteiger partial charge is 0.249 e. The molecule has 1 aliphatic heterocycles. The third kappa shape index (κ3) is 2.16. The van der Waals surface area contributed by atoms with Crippen LogP contribution in [0.2, 0.25) is 0 Å². The van der Waals surface area contributed by atoms with E-state index >= 15 is 0 Å². The third-order valence-corrected chi connectivity index (χ3v) is 4.36. The Hall–Kier alpha value is -1.62. The predicted molar refractivity (Wildman–Crippen MR) is 72.9 cm³/mol. The van der Waals surface area contributed by atoms with Gasteiger partial charge in [0.05, 0.1) is 6.10 Å². The standard InChI is InChI=1S/C15H20N2O3/c1-15(2)7-11-9(12(18)8-15)5-6-17(11)10-3-4-13(19)16-14(10)20/h5-6,10,12,18H,3-4,7-8H2,1-2H3,(H,16,19,20). The van der Waals surface area contributed by atoms with Crippen LogP contribution in [0.15, 0.2) is 12.3 Å². The highest BCUT2D eigenvalue weighted by Crippen LogP contribution is 2.42. The molecule has 2 unspecified atom stereocenters. The Balaban J connectivity index is 1.97. The highest BCUT2D eigenvalue weighted by atomic mass is 16.3. The first-order chi connectivity index (χ1) is 9.37. The summed E-state index contributed by atoms with van der Waals surface area (Å²) in [5, 5.41) is 12.6. The Kier molecular flexibility index (Phi) is 2.97. The fraction of sp³-hybridized carbons (Fsp3) is 0.600. The lowest BCUT2D eigenvalue weighted by Crippen LogP contribution is -2.42. The maximum Gasteiger partial charge on any atom is 0.249 e. The molecule has 5 nitrogen and oxygen atoms in total. The van der Waals surface area contributed by atoms with Crippen LogP contribution in [0.4, 0.5) is 0 Å². The number of aliphatic hydroxyl groups is 1. The number of nitrogens with one attached hydrogen (secondary N) is 1. The monoisotopic (exact) mass is 276 g/mol. The van der Waals surface area contributed by atoms with Gasteiger partial charge < -0.3 is 9.67 Å². The van der Waals surface area contributed by atoms with Gasteiger partial charge in [-0.3, -0.25) is 14.9 Å². The zero-order chi connectivity index (χ0) is 14.5. The largest absolute Gasteiger partial charge is 0.388 e. The summed E-state index contributed by atoms with van der Waals surface area (Å²) in [6, 6.07) is 1.57. The summed E-state index contributed by atoms with van der Waals surface area (Å²) in [4.78, 5) is 23.3. The van der Waals surface area contributed by atoms with Gasteiger partial charge in [-0.05, 0) is 30.7 Å². The number of hydrogen-bond acceptors (Lipinski definition) is 3. The zero-order valence-corrected chi connectivity index (χ0v) is 11.8. The number of carbonyl (C=O) groups is 2. The van der Waals surface area contributed by atoms with Crippen molar-refractivity contribution in [3.63, 3.8) is 0 Å². The molecule has 108 valence electrons. The van der Waals surface area contributed by atoms with Crippen LogP contribution >= 0.6 is 0 Å². The topological polar surface area (TPSA) is 71.3 Å². The van der Waals surface area contributed by atoms with Crippen molar-refractivity contribution in [2.24, 2.45) is 5.41 Å². The number of carbonyl (C=O) groups excluding carboxylic acids is 2. The zero-order valence-electron chi connectivity index (χ0n) is 11.8. The molecule has 3 rings (SSSR count). The maximum absolute atomic E-state index is 12.0. The normalized spacial score (nSPS) is 28.9. The summed E-state index contributed by atoms with van der Waals surface area (Å²) < 4.78 is 1.95. The summed E-state index contributed by atoms with van der Waals surface area (Å²) >= 11 is 0. The molecule has 1 aromatic rings. The van der Waals surface area contributed by atoms with E-state index in [9.17, 15) is 14.7 Å². The molecule has 1 aromatic heterocycles. The molecule has 2 amide bonds. The van der Waals surface area contributed by atoms with Crippen molar-refractivity contribution in [3.8, 4) is 0 Å². The maximum atomic E-state index is 12.0. The molecule has 1 fully saturated rings. The van der Waals surface area contributed by atoms with Crippen LogP contribution in [0, 0.1) is 5.41 Å². The van der Waals surface area contributed by atoms with E-state index in [0.717, 1.165) is 24.1 Å². The van der Waals surface area contributed by atoms with Gasteiger partial charge in [0, 0.05) is 23.9 Å². The first-order valence-electron chi connectivity index (χ1n) is 7.09. The molecule has 2 N–H and O–H groups in total. The van der Waals surface area contributed by atoms with Crippen LogP contribution in [0.5, 0.6) is 0 Å². The van der Waals surface area contributed by atoms with E-state index in [2.05, 4.69) is 19.2 Å². The first-order valence-corrected chi connectivity index (χ1v) is 7.09. The number of amides is 2. The molecule has 0 radical (unpaired) electrons. The van der Waals surface area contributed by atoms with Crippen molar-refractivity contribution in [3.05, 3.63) is 23.5 Å². The molecular weight excluding hydrogens is 256 g/mol. The minimum Gasteiger partial charge on any atom is -0.388 e. The van der Waals surface area contributed by atoms with Crippen LogP contribution in [0.25, 0.3) is 0 Å². The van der Waals surface area contributed by atoms with Gasteiger partial charge in [0.25, 0.3) is 0 Å². The van der Waals surface area contributed by atoms with Gasteiger partial charge in [-0.25, -0.2) is 0 Å². The summed E-state index contributed by atoms with van der Waals surface area (Å²) in [5.41, 5.74) is 1.97. The van der Waals surface area contributed by atoms with Crippen LogP contribution in [-0.2, 0) is 16.0 Å². The Morgan fingerprint density at radius 1 is 1.40 bits per heavy atom. The fourth-order valence-electron chi connectivity index (χ4n) is 3.39. The van der Waals surface area contributed by atoms with Crippen molar-refractivity contribution >= 4 is 11.8 Å². The average Bonchev–Trinajstić information content (AvgIpc) is 2.71. The Labute approximate surface area is 118 Å². The minimum atomic E-state index is -0.469. The van der Waals surface area contributed by atoms with Gasteiger partial charge in [-0.2, -0.15) is 0 Å². The highest BCUT2D eigenvalue weighted by molar-refractivity contribution is 5.99. The lowest BCUT2D eigenvalue weighted by Gasteiger charge is -2.35. The van der Waals surface area contributed by atoms with E-state index in [0.29, 0.717) is 12.8 Å². The number of rotatable bonds is 1. The highest BCUT2D eigenvalue weighted by Gasteiger charge is 2.36. The molecule has 2 atom stereocenters. The summed E-state index contributed by atoms with van der Waals surface area (Å²) in [5.74, 6) is -0.440. The van der Waals surface area contributed by atoms with Crippen molar-refractivity contribution in [2.75, 3.05) is 0 Å².